The van der Waals surface area contributed by atoms with Gasteiger partial charge in [0, 0.05) is 24.2 Å². The Morgan fingerprint density at radius 3 is 2.52 bits per heavy atom. The van der Waals surface area contributed by atoms with Crippen molar-refractivity contribution in [2.75, 3.05) is 18.8 Å². The van der Waals surface area contributed by atoms with E-state index >= 15 is 0 Å². The molecule has 5 nitrogen and oxygen atoms in total. The van der Waals surface area contributed by atoms with Gasteiger partial charge in [0.25, 0.3) is 0 Å². The van der Waals surface area contributed by atoms with Gasteiger partial charge in [-0.15, -0.1) is 12.4 Å². The molecular formula is C15H22Cl2N2O3S. The molecule has 0 radical (unpaired) electrons. The van der Waals surface area contributed by atoms with Gasteiger partial charge in [-0.1, -0.05) is 18.5 Å². The number of likely N-dealkylation sites (tertiary alicyclic amines) is 1. The molecule has 1 aliphatic rings. The summed E-state index contributed by atoms with van der Waals surface area (Å²) in [5, 5.41) is 0.457. The van der Waals surface area contributed by atoms with Gasteiger partial charge in [-0.05, 0) is 43.0 Å². The Labute approximate surface area is 148 Å². The largest absolute Gasteiger partial charge is 0.338 e. The van der Waals surface area contributed by atoms with Crippen LogP contribution in [0.5, 0.6) is 0 Å². The van der Waals surface area contributed by atoms with E-state index < -0.39 is 15.6 Å². The summed E-state index contributed by atoms with van der Waals surface area (Å²) in [4.78, 5) is 14.1. The van der Waals surface area contributed by atoms with Crippen molar-refractivity contribution >= 4 is 39.8 Å². The van der Waals surface area contributed by atoms with Crippen LogP contribution in [0.3, 0.4) is 0 Å². The molecule has 2 rings (SSSR count). The molecule has 1 aromatic carbocycles. The van der Waals surface area contributed by atoms with Gasteiger partial charge in [0.05, 0.1) is 4.90 Å². The van der Waals surface area contributed by atoms with Crippen molar-refractivity contribution < 1.29 is 13.2 Å². The highest BCUT2D eigenvalue weighted by Crippen LogP contribution is 2.23. The molecule has 130 valence electrons. The van der Waals surface area contributed by atoms with Crippen LogP contribution in [0.4, 0.5) is 0 Å². The number of hydrogen-bond donors (Lipinski definition) is 1. The zero-order valence-corrected chi connectivity index (χ0v) is 15.3. The number of nitrogens with two attached hydrogens (primary N) is 1. The number of carbonyl (C=O) groups excluding carboxylic acids is 1. The molecule has 1 fully saturated rings. The Morgan fingerprint density at radius 2 is 1.96 bits per heavy atom. The Hall–Kier alpha value is -0.820. The number of halogens is 2. The SMILES string of the molecule is CC1CCN(C(=O)CS(=O)(=O)c2ccc(Cl)cc2)C(CN)C1.Cl. The predicted molar refractivity (Wildman–Crippen MR) is 93.7 cm³/mol. The molecule has 8 heteroatoms. The molecule has 2 atom stereocenters. The number of hydrogen-bond acceptors (Lipinski definition) is 4. The lowest BCUT2D eigenvalue weighted by Crippen LogP contribution is -2.50. The summed E-state index contributed by atoms with van der Waals surface area (Å²) in [7, 11) is -3.66. The highest BCUT2D eigenvalue weighted by atomic mass is 35.5. The second kappa shape index (κ2) is 8.33. The lowest BCUT2D eigenvalue weighted by Gasteiger charge is -2.38. The number of rotatable bonds is 4. The van der Waals surface area contributed by atoms with Crippen molar-refractivity contribution in [1.29, 1.82) is 0 Å². The van der Waals surface area contributed by atoms with E-state index in [1.54, 1.807) is 4.90 Å². The summed E-state index contributed by atoms with van der Waals surface area (Å²) >= 11 is 5.76. The fourth-order valence-electron chi connectivity index (χ4n) is 2.77. The summed E-state index contributed by atoms with van der Waals surface area (Å²) < 4.78 is 24.7. The molecule has 1 saturated heterocycles. The second-order valence-corrected chi connectivity index (χ2v) is 8.25. The minimum absolute atomic E-state index is 0. The fourth-order valence-corrected chi connectivity index (χ4v) is 4.11. The van der Waals surface area contributed by atoms with E-state index in [4.69, 9.17) is 17.3 Å². The van der Waals surface area contributed by atoms with Crippen molar-refractivity contribution in [3.05, 3.63) is 29.3 Å². The van der Waals surface area contributed by atoms with E-state index in [2.05, 4.69) is 6.92 Å². The first-order valence-electron chi connectivity index (χ1n) is 7.31. The van der Waals surface area contributed by atoms with Crippen molar-refractivity contribution in [2.24, 2.45) is 11.7 Å². The maximum absolute atomic E-state index is 12.4. The Kier molecular flexibility index (Phi) is 7.32. The Morgan fingerprint density at radius 1 is 1.35 bits per heavy atom. The Balaban J connectivity index is 0.00000264. The van der Waals surface area contributed by atoms with Gasteiger partial charge < -0.3 is 10.6 Å². The van der Waals surface area contributed by atoms with E-state index in [-0.39, 0.29) is 29.3 Å². The van der Waals surface area contributed by atoms with Crippen LogP contribution in [0, 0.1) is 5.92 Å². The van der Waals surface area contributed by atoms with Gasteiger partial charge in [-0.25, -0.2) is 8.42 Å². The average Bonchev–Trinajstić information content (AvgIpc) is 2.46. The first-order chi connectivity index (χ1) is 10.3. The maximum atomic E-state index is 12.4. The predicted octanol–water partition coefficient (Wildman–Crippen LogP) is 2.12. The van der Waals surface area contributed by atoms with Crippen molar-refractivity contribution in [2.45, 2.75) is 30.7 Å². The zero-order valence-electron chi connectivity index (χ0n) is 12.9. The van der Waals surface area contributed by atoms with Gasteiger partial charge >= 0.3 is 0 Å². The van der Waals surface area contributed by atoms with Crippen LogP contribution in [0.25, 0.3) is 0 Å². The van der Waals surface area contributed by atoms with Gasteiger partial charge in [0.1, 0.15) is 5.75 Å². The smallest absolute Gasteiger partial charge is 0.238 e. The maximum Gasteiger partial charge on any atom is 0.238 e. The number of nitrogens with zero attached hydrogens (tertiary/aromatic N) is 1. The summed E-state index contributed by atoms with van der Waals surface area (Å²) in [6, 6.07) is 5.78. The molecule has 1 aliphatic heterocycles. The molecule has 23 heavy (non-hydrogen) atoms. The number of carbonyl (C=O) groups is 1. The third-order valence-corrected chi connectivity index (χ3v) is 5.93. The standard InChI is InChI=1S/C15H21ClN2O3S.ClH/c1-11-6-7-18(13(8-11)9-17)15(19)10-22(20,21)14-4-2-12(16)3-5-14;/h2-5,11,13H,6-10,17H2,1H3;1H. The molecule has 2 N–H and O–H groups in total. The molecule has 0 bridgehead atoms. The van der Waals surface area contributed by atoms with Crippen molar-refractivity contribution in [1.82, 2.24) is 4.90 Å². The van der Waals surface area contributed by atoms with Crippen LogP contribution in [0.2, 0.25) is 5.02 Å². The number of piperidine rings is 1. The molecule has 1 heterocycles. The normalized spacial score (nSPS) is 21.6. The van der Waals surface area contributed by atoms with E-state index in [0.29, 0.717) is 24.0 Å². The van der Waals surface area contributed by atoms with Gasteiger partial charge in [-0.3, -0.25) is 4.79 Å². The lowest BCUT2D eigenvalue weighted by molar-refractivity contribution is -0.132. The van der Waals surface area contributed by atoms with Crippen molar-refractivity contribution in [3.63, 3.8) is 0 Å². The summed E-state index contributed by atoms with van der Waals surface area (Å²) in [5.74, 6) is -0.401. The molecule has 0 aliphatic carbocycles. The molecule has 1 amide bonds. The van der Waals surface area contributed by atoms with Crippen LogP contribution in [0.15, 0.2) is 29.2 Å². The Bertz CT molecular complexity index is 635. The van der Waals surface area contributed by atoms with Crippen LogP contribution in [-0.4, -0.2) is 44.1 Å². The van der Waals surface area contributed by atoms with Gasteiger partial charge in [0.15, 0.2) is 9.84 Å². The molecule has 0 spiro atoms. The van der Waals surface area contributed by atoms with E-state index in [1.807, 2.05) is 0 Å². The molecular weight excluding hydrogens is 359 g/mol. The summed E-state index contributed by atoms with van der Waals surface area (Å²) in [6.07, 6.45) is 1.70. The minimum Gasteiger partial charge on any atom is -0.338 e. The third-order valence-electron chi connectivity index (χ3n) is 4.06. The third kappa shape index (κ3) is 5.08. The second-order valence-electron chi connectivity index (χ2n) is 5.82. The number of sulfone groups is 1. The molecule has 0 aromatic heterocycles. The molecule has 2 unspecified atom stereocenters. The molecule has 0 saturated carbocycles. The fraction of sp³-hybridized carbons (Fsp3) is 0.533. The molecule has 1 aromatic rings. The number of benzene rings is 1. The monoisotopic (exact) mass is 380 g/mol. The first-order valence-corrected chi connectivity index (χ1v) is 9.34. The average molecular weight is 381 g/mol. The topological polar surface area (TPSA) is 80.5 Å². The van der Waals surface area contributed by atoms with E-state index in [0.717, 1.165) is 12.8 Å². The van der Waals surface area contributed by atoms with Crippen LogP contribution in [0.1, 0.15) is 19.8 Å². The lowest BCUT2D eigenvalue weighted by atomic mass is 9.92. The quantitative estimate of drug-likeness (QED) is 0.867. The van der Waals surface area contributed by atoms with Crippen LogP contribution < -0.4 is 5.73 Å². The van der Waals surface area contributed by atoms with Gasteiger partial charge in [0.2, 0.25) is 5.91 Å². The van der Waals surface area contributed by atoms with E-state index in [9.17, 15) is 13.2 Å². The summed E-state index contributed by atoms with van der Waals surface area (Å²) in [5.41, 5.74) is 5.73. The number of amides is 1. The van der Waals surface area contributed by atoms with Crippen LogP contribution in [-0.2, 0) is 14.6 Å². The first kappa shape index (κ1) is 20.2. The highest BCUT2D eigenvalue weighted by molar-refractivity contribution is 7.92. The minimum atomic E-state index is -3.66. The highest BCUT2D eigenvalue weighted by Gasteiger charge is 2.31. The van der Waals surface area contributed by atoms with E-state index in [1.165, 1.54) is 24.3 Å². The zero-order chi connectivity index (χ0) is 16.3. The summed E-state index contributed by atoms with van der Waals surface area (Å²) in [6.45, 7) is 3.05. The van der Waals surface area contributed by atoms with Crippen LogP contribution >= 0.6 is 24.0 Å². The van der Waals surface area contributed by atoms with Gasteiger partial charge in [-0.2, -0.15) is 0 Å². The van der Waals surface area contributed by atoms with Crippen molar-refractivity contribution in [3.8, 4) is 0 Å².